The molecular weight excluding hydrogens is 608 g/mol. The highest BCUT2D eigenvalue weighted by molar-refractivity contribution is 6.04. The van der Waals surface area contributed by atoms with Gasteiger partial charge in [0.1, 0.15) is 5.78 Å². The fraction of sp³-hybridized carbons (Fsp3) is 0.781. The van der Waals surface area contributed by atoms with E-state index < -0.39 is 59.5 Å². The van der Waals surface area contributed by atoms with Crippen LogP contribution in [0.15, 0.2) is 0 Å². The third-order valence-electron chi connectivity index (χ3n) is 6.40. The summed E-state index contributed by atoms with van der Waals surface area (Å²) >= 11 is 0. The second kappa shape index (κ2) is 32.8. The van der Waals surface area contributed by atoms with Crippen molar-refractivity contribution in [2.24, 2.45) is 5.92 Å². The van der Waals surface area contributed by atoms with Crippen molar-refractivity contribution in [1.82, 2.24) is 0 Å². The van der Waals surface area contributed by atoms with Crippen LogP contribution in [0.25, 0.3) is 0 Å². The second-order valence-corrected chi connectivity index (χ2v) is 10.9. The van der Waals surface area contributed by atoms with Gasteiger partial charge in [-0.15, -0.1) is 0 Å². The molecule has 0 aromatic heterocycles. The van der Waals surface area contributed by atoms with Gasteiger partial charge < -0.3 is 35.7 Å². The lowest BCUT2D eigenvalue weighted by Crippen LogP contribution is -2.53. The Morgan fingerprint density at radius 1 is 0.478 bits per heavy atom. The van der Waals surface area contributed by atoms with Gasteiger partial charge in [0.2, 0.25) is 0 Å². The lowest BCUT2D eigenvalue weighted by Gasteiger charge is -2.26. The lowest BCUT2D eigenvalue weighted by molar-refractivity contribution is -0.180. The summed E-state index contributed by atoms with van der Waals surface area (Å²) in [5, 5.41) is 59.9. The Labute approximate surface area is 272 Å². The average Bonchev–Trinajstić information content (AvgIpc) is 2.92. The van der Waals surface area contributed by atoms with Crippen molar-refractivity contribution < 1.29 is 69.3 Å². The molecule has 2 atom stereocenters. The number of hydrogen-bond donors (Lipinski definition) is 7. The van der Waals surface area contributed by atoms with Crippen LogP contribution in [0.5, 0.6) is 0 Å². The minimum Gasteiger partial charge on any atom is -0.481 e. The number of Topliss-reactive ketones (excluding diaryl/α,β-unsaturated/α-hetero) is 1. The second-order valence-electron chi connectivity index (χ2n) is 10.9. The van der Waals surface area contributed by atoms with Crippen LogP contribution in [0.2, 0.25) is 0 Å². The van der Waals surface area contributed by atoms with E-state index in [4.69, 9.17) is 30.6 Å². The first-order chi connectivity index (χ1) is 21.4. The normalized spacial score (nSPS) is 11.8. The predicted molar refractivity (Wildman–Crippen MR) is 170 cm³/mol. The number of hydrogen-bond acceptors (Lipinski definition) is 8. The Morgan fingerprint density at radius 2 is 0.761 bits per heavy atom. The number of carboxylic acids is 6. The zero-order valence-electron chi connectivity index (χ0n) is 28.0. The molecule has 14 nitrogen and oxygen atoms in total. The monoisotopic (exact) mass is 666 g/mol. The van der Waals surface area contributed by atoms with E-state index in [0.29, 0.717) is 19.3 Å². The van der Waals surface area contributed by atoms with E-state index in [1.165, 1.54) is 57.8 Å². The Bertz CT molecular complexity index is 800. The van der Waals surface area contributed by atoms with Crippen LogP contribution in [0.3, 0.4) is 0 Å². The molecule has 0 saturated carbocycles. The molecule has 46 heavy (non-hydrogen) atoms. The molecule has 0 aliphatic rings. The minimum absolute atomic E-state index is 0.337. The van der Waals surface area contributed by atoms with Gasteiger partial charge in [-0.25, -0.2) is 4.79 Å². The first kappa shape index (κ1) is 49.3. The summed E-state index contributed by atoms with van der Waals surface area (Å²) in [6.45, 7) is 7.21. The minimum atomic E-state index is -3.15. The lowest BCUT2D eigenvalue weighted by atomic mass is 9.82. The van der Waals surface area contributed by atoms with Gasteiger partial charge in [-0.2, -0.15) is 0 Å². The van der Waals surface area contributed by atoms with E-state index in [0.717, 1.165) is 45.4 Å². The largest absolute Gasteiger partial charge is 0.481 e. The summed E-state index contributed by atoms with van der Waals surface area (Å²) < 4.78 is 0. The summed E-state index contributed by atoms with van der Waals surface area (Å²) in [5.41, 5.74) is -3.15. The Hall–Kier alpha value is -3.55. The van der Waals surface area contributed by atoms with Crippen LogP contribution in [-0.4, -0.2) is 82.9 Å². The highest BCUT2D eigenvalue weighted by atomic mass is 16.4. The predicted octanol–water partition coefficient (Wildman–Crippen LogP) is 5.86. The van der Waals surface area contributed by atoms with Crippen LogP contribution in [0.1, 0.15) is 150 Å². The molecule has 0 aliphatic heterocycles. The van der Waals surface area contributed by atoms with Crippen molar-refractivity contribution in [3.63, 3.8) is 0 Å². The molecule has 0 aromatic rings. The molecule has 14 heteroatoms. The molecule has 0 spiro atoms. The third-order valence-corrected chi connectivity index (χ3v) is 6.40. The number of aliphatic carboxylic acids is 6. The van der Waals surface area contributed by atoms with Gasteiger partial charge in [0.25, 0.3) is 0 Å². The molecule has 7 N–H and O–H groups in total. The van der Waals surface area contributed by atoms with Crippen molar-refractivity contribution >= 4 is 41.6 Å². The van der Waals surface area contributed by atoms with Gasteiger partial charge in [-0.1, -0.05) is 97.8 Å². The van der Waals surface area contributed by atoms with Crippen molar-refractivity contribution in [1.29, 1.82) is 0 Å². The topological polar surface area (TPSA) is 261 Å². The van der Waals surface area contributed by atoms with Crippen LogP contribution in [0.4, 0.5) is 0 Å². The molecule has 0 aliphatic carbocycles. The molecule has 0 bridgehead atoms. The van der Waals surface area contributed by atoms with Crippen LogP contribution in [-0.2, 0) is 33.6 Å². The number of carbonyl (C=O) groups is 7. The first-order valence-corrected chi connectivity index (χ1v) is 16.0. The summed E-state index contributed by atoms with van der Waals surface area (Å²) in [5.74, 6) is -11.2. The van der Waals surface area contributed by atoms with Gasteiger partial charge in [0.15, 0.2) is 11.5 Å². The molecular formula is C32H58O14. The SMILES string of the molecule is CC(=O)C(C(=O)O)C(O)(CC(=O)O)C(=O)O.CCCCCCCC(=O)O.CCCCCCCC(=O)O.CCCCCCCC(=O)O. The van der Waals surface area contributed by atoms with Gasteiger partial charge in [-0.05, 0) is 26.2 Å². The summed E-state index contributed by atoms with van der Waals surface area (Å²) in [7, 11) is 0. The zero-order valence-corrected chi connectivity index (χ0v) is 28.0. The van der Waals surface area contributed by atoms with Gasteiger partial charge >= 0.3 is 35.8 Å². The highest BCUT2D eigenvalue weighted by Crippen LogP contribution is 2.24. The van der Waals surface area contributed by atoms with E-state index in [1.807, 2.05) is 0 Å². The third kappa shape index (κ3) is 34.9. The van der Waals surface area contributed by atoms with Crippen LogP contribution >= 0.6 is 0 Å². The molecule has 0 aromatic carbocycles. The van der Waals surface area contributed by atoms with E-state index in [2.05, 4.69) is 20.8 Å². The number of ketones is 1. The molecule has 0 rings (SSSR count). The van der Waals surface area contributed by atoms with E-state index in [9.17, 15) is 38.7 Å². The van der Waals surface area contributed by atoms with Gasteiger partial charge in [-0.3, -0.25) is 28.8 Å². The van der Waals surface area contributed by atoms with Crippen LogP contribution < -0.4 is 0 Å². The molecule has 2 unspecified atom stereocenters. The van der Waals surface area contributed by atoms with E-state index >= 15 is 0 Å². The maximum absolute atomic E-state index is 10.9. The Morgan fingerprint density at radius 3 is 0.935 bits per heavy atom. The fourth-order valence-corrected chi connectivity index (χ4v) is 3.89. The molecule has 0 amide bonds. The Balaban J connectivity index is -0.000000262. The molecule has 0 saturated heterocycles. The van der Waals surface area contributed by atoms with Gasteiger partial charge in [0, 0.05) is 19.3 Å². The fourth-order valence-electron chi connectivity index (χ4n) is 3.89. The molecule has 0 radical (unpaired) electrons. The van der Waals surface area contributed by atoms with E-state index in [1.54, 1.807) is 0 Å². The quantitative estimate of drug-likeness (QED) is 0.0470. The summed E-state index contributed by atoms with van der Waals surface area (Å²) in [6.07, 6.45) is 16.3. The smallest absolute Gasteiger partial charge is 0.337 e. The standard InChI is InChI=1S/C8H10O8.3C8H16O2/c1-3(9)5(6(12)13)8(16,7(14)15)2-4(10)11;3*1-2-3-4-5-6-7-8(9)10/h5,16H,2H2,1H3,(H,10,11)(H,12,13)(H,14,15);3*2-7H2,1H3,(H,9,10). The van der Waals surface area contributed by atoms with Gasteiger partial charge in [0.05, 0.1) is 6.42 Å². The van der Waals surface area contributed by atoms with Crippen LogP contribution in [0, 0.1) is 5.92 Å². The maximum atomic E-state index is 10.9. The number of carboxylic acid groups (broad SMARTS) is 6. The van der Waals surface area contributed by atoms with Crippen molar-refractivity contribution in [3.8, 4) is 0 Å². The first-order valence-electron chi connectivity index (χ1n) is 16.0. The number of rotatable bonds is 24. The van der Waals surface area contributed by atoms with Crippen molar-refractivity contribution in [2.75, 3.05) is 0 Å². The molecule has 270 valence electrons. The Kier molecular flexibility index (Phi) is 35.2. The summed E-state index contributed by atoms with van der Waals surface area (Å²) in [6, 6.07) is 0. The van der Waals surface area contributed by atoms with Crippen molar-refractivity contribution in [2.45, 2.75) is 155 Å². The highest BCUT2D eigenvalue weighted by Gasteiger charge is 2.52. The maximum Gasteiger partial charge on any atom is 0.337 e. The van der Waals surface area contributed by atoms with Crippen molar-refractivity contribution in [3.05, 3.63) is 0 Å². The molecule has 0 fully saturated rings. The average molecular weight is 667 g/mol. The summed E-state index contributed by atoms with van der Waals surface area (Å²) in [4.78, 5) is 72.7. The molecule has 0 heterocycles. The zero-order chi connectivity index (χ0) is 36.6. The van der Waals surface area contributed by atoms with E-state index in [-0.39, 0.29) is 0 Å². The number of aliphatic hydroxyl groups is 1. The number of unbranched alkanes of at least 4 members (excludes halogenated alkanes) is 12. The number of carbonyl (C=O) groups excluding carboxylic acids is 1.